The summed E-state index contributed by atoms with van der Waals surface area (Å²) in [6.45, 7) is 6.35. The molecule has 1 atom stereocenters. The fraction of sp³-hybridized carbons (Fsp3) is 0.685. The molecule has 6 heteroatoms. The Morgan fingerprint density at radius 3 is 0.886 bits per heavy atom. The highest BCUT2D eigenvalue weighted by Crippen LogP contribution is 2.17. The van der Waals surface area contributed by atoms with Crippen molar-refractivity contribution in [2.24, 2.45) is 0 Å². The van der Waals surface area contributed by atoms with E-state index in [2.05, 4.69) is 130 Å². The molecule has 0 aliphatic rings. The maximum Gasteiger partial charge on any atom is 0.309 e. The first-order chi connectivity index (χ1) is 39.0. The molecule has 0 rings (SSSR count). The summed E-state index contributed by atoms with van der Waals surface area (Å²) < 4.78 is 16.8. The van der Waals surface area contributed by atoms with Gasteiger partial charge >= 0.3 is 17.9 Å². The van der Waals surface area contributed by atoms with Crippen molar-refractivity contribution in [3.8, 4) is 0 Å². The van der Waals surface area contributed by atoms with Gasteiger partial charge in [-0.3, -0.25) is 14.4 Å². The number of allylic oxidation sites excluding steroid dienone is 19. The second-order valence-electron chi connectivity index (χ2n) is 21.6. The Hall–Kier alpha value is -4.19. The van der Waals surface area contributed by atoms with Crippen molar-refractivity contribution >= 4 is 17.9 Å². The number of hydrogen-bond donors (Lipinski definition) is 0. The van der Waals surface area contributed by atoms with Crippen molar-refractivity contribution in [2.75, 3.05) is 13.2 Å². The molecule has 0 N–H and O–H groups in total. The molecule has 0 aliphatic heterocycles. The first-order valence-corrected chi connectivity index (χ1v) is 33.0. The summed E-state index contributed by atoms with van der Waals surface area (Å²) in [7, 11) is 0. The molecule has 0 bridgehead atoms. The van der Waals surface area contributed by atoms with Gasteiger partial charge in [-0.2, -0.15) is 0 Å². The molecule has 6 nitrogen and oxygen atoms in total. The number of esters is 3. The molecule has 0 aromatic carbocycles. The molecular weight excluding hydrogens is 973 g/mol. The maximum atomic E-state index is 12.9. The minimum Gasteiger partial charge on any atom is -0.462 e. The molecule has 0 aromatic rings. The Bertz CT molecular complexity index is 1640. The van der Waals surface area contributed by atoms with Gasteiger partial charge < -0.3 is 14.2 Å². The first-order valence-electron chi connectivity index (χ1n) is 33.0. The summed E-state index contributed by atoms with van der Waals surface area (Å²) >= 11 is 0. The Kier molecular flexibility index (Phi) is 62.8. The van der Waals surface area contributed by atoms with Gasteiger partial charge in [0.15, 0.2) is 6.10 Å². The summed E-state index contributed by atoms with van der Waals surface area (Å²) in [5.74, 6) is -1.04. The van der Waals surface area contributed by atoms with Crippen LogP contribution in [0.5, 0.6) is 0 Å². The van der Waals surface area contributed by atoms with Crippen LogP contribution in [0.3, 0.4) is 0 Å². The third-order valence-electron chi connectivity index (χ3n) is 14.0. The van der Waals surface area contributed by atoms with Crippen LogP contribution in [0.4, 0.5) is 0 Å². The van der Waals surface area contributed by atoms with E-state index in [-0.39, 0.29) is 31.6 Å². The largest absolute Gasteiger partial charge is 0.462 e. The molecule has 0 aromatic heterocycles. The van der Waals surface area contributed by atoms with Crippen LogP contribution in [0, 0.1) is 0 Å². The van der Waals surface area contributed by atoms with E-state index in [0.29, 0.717) is 12.8 Å². The van der Waals surface area contributed by atoms with E-state index in [1.165, 1.54) is 161 Å². The van der Waals surface area contributed by atoms with Crippen LogP contribution in [-0.4, -0.2) is 37.2 Å². The van der Waals surface area contributed by atoms with Gasteiger partial charge in [0.05, 0.1) is 6.42 Å². The first kappa shape index (κ1) is 74.8. The Morgan fingerprint density at radius 2 is 0.544 bits per heavy atom. The lowest BCUT2D eigenvalue weighted by Gasteiger charge is -2.18. The normalized spacial score (nSPS) is 12.9. The quantitative estimate of drug-likeness (QED) is 0.0261. The molecule has 0 saturated heterocycles. The molecule has 79 heavy (non-hydrogen) atoms. The van der Waals surface area contributed by atoms with Gasteiger partial charge in [0.25, 0.3) is 0 Å². The summed E-state index contributed by atoms with van der Waals surface area (Å²) in [5, 5.41) is 0. The van der Waals surface area contributed by atoms with E-state index in [1.807, 2.05) is 6.08 Å². The molecule has 0 aliphatic carbocycles. The maximum absolute atomic E-state index is 12.9. The van der Waals surface area contributed by atoms with Crippen LogP contribution in [0.25, 0.3) is 0 Å². The van der Waals surface area contributed by atoms with Crippen LogP contribution in [-0.2, 0) is 28.6 Å². The predicted octanol–water partition coefficient (Wildman–Crippen LogP) is 22.8. The second kappa shape index (κ2) is 66.3. The zero-order valence-electron chi connectivity index (χ0n) is 51.6. The van der Waals surface area contributed by atoms with Crippen molar-refractivity contribution in [3.63, 3.8) is 0 Å². The lowest BCUT2D eigenvalue weighted by atomic mass is 10.0. The van der Waals surface area contributed by atoms with E-state index < -0.39 is 12.1 Å². The Morgan fingerprint density at radius 1 is 0.278 bits per heavy atom. The van der Waals surface area contributed by atoms with Gasteiger partial charge in [0, 0.05) is 12.8 Å². The number of rotatable bonds is 59. The van der Waals surface area contributed by atoms with Gasteiger partial charge in [-0.15, -0.1) is 0 Å². The molecule has 450 valence electrons. The van der Waals surface area contributed by atoms with E-state index >= 15 is 0 Å². The summed E-state index contributed by atoms with van der Waals surface area (Å²) in [5.41, 5.74) is 0. The van der Waals surface area contributed by atoms with Crippen LogP contribution in [0.15, 0.2) is 122 Å². The van der Waals surface area contributed by atoms with Gasteiger partial charge in [-0.25, -0.2) is 0 Å². The molecule has 0 heterocycles. The molecule has 0 radical (unpaired) electrons. The third-order valence-corrected chi connectivity index (χ3v) is 14.0. The summed E-state index contributed by atoms with van der Waals surface area (Å²) in [6.07, 6.45) is 92.4. The lowest BCUT2D eigenvalue weighted by molar-refractivity contribution is -0.166. The number of carbonyl (C=O) groups excluding carboxylic acids is 3. The van der Waals surface area contributed by atoms with Crippen molar-refractivity contribution in [2.45, 2.75) is 309 Å². The number of unbranched alkanes of at least 4 members (excludes halogenated alkanes) is 29. The minimum absolute atomic E-state index is 0.109. The average molecular weight is 1100 g/mol. The van der Waals surface area contributed by atoms with Crippen molar-refractivity contribution in [3.05, 3.63) is 122 Å². The highest BCUT2D eigenvalue weighted by Gasteiger charge is 2.19. The van der Waals surface area contributed by atoms with Crippen molar-refractivity contribution < 1.29 is 28.6 Å². The Labute approximate surface area is 488 Å². The van der Waals surface area contributed by atoms with Crippen molar-refractivity contribution in [1.29, 1.82) is 0 Å². The summed E-state index contributed by atoms with van der Waals surface area (Å²) in [6, 6.07) is 0. The fourth-order valence-electron chi connectivity index (χ4n) is 9.13. The van der Waals surface area contributed by atoms with Gasteiger partial charge in [-0.05, 0) is 89.9 Å². The summed E-state index contributed by atoms with van der Waals surface area (Å²) in [4.78, 5) is 38.3. The monoisotopic (exact) mass is 1090 g/mol. The van der Waals surface area contributed by atoms with Crippen LogP contribution < -0.4 is 0 Å². The average Bonchev–Trinajstić information content (AvgIpc) is 3.45. The number of hydrogen-bond acceptors (Lipinski definition) is 6. The molecule has 0 amide bonds. The fourth-order valence-corrected chi connectivity index (χ4v) is 9.13. The molecule has 0 fully saturated rings. The Balaban J connectivity index is 4.38. The highest BCUT2D eigenvalue weighted by atomic mass is 16.6. The second-order valence-corrected chi connectivity index (χ2v) is 21.6. The molecule has 1 unspecified atom stereocenters. The highest BCUT2D eigenvalue weighted by molar-refractivity contribution is 5.72. The number of ether oxygens (including phenoxy) is 3. The third kappa shape index (κ3) is 64.5. The van der Waals surface area contributed by atoms with Gasteiger partial charge in [-0.1, -0.05) is 316 Å². The van der Waals surface area contributed by atoms with Gasteiger partial charge in [0.1, 0.15) is 13.2 Å². The van der Waals surface area contributed by atoms with E-state index in [0.717, 1.165) is 103 Å². The molecule has 0 spiro atoms. The zero-order valence-corrected chi connectivity index (χ0v) is 51.6. The standard InChI is InChI=1S/C73H122O6/c1-4-7-10-13-16-19-22-25-28-30-32-33-34-35-36-37-38-39-41-42-45-48-51-54-57-60-63-66-72(75)78-69-70(68-77-71(74)65-62-59-56-53-50-47-44-27-24-21-18-15-12-9-6-3)79-73(76)67-64-61-58-55-52-49-46-43-40-31-29-26-23-20-17-14-11-8-5-2/h7,9-10,12,16,18-19,21,25,27-28,32-33,35-36,44,50,53,59,62,70H,4-6,8,11,13-15,17,20,22-24,26,29-31,34,37-43,45-49,51-52,54-58,60-61,63-69H2,1-3H3/b10-7-,12-9-,19-16-,21-18-,28-25-,33-32-,36-35-,44-27-,53-50-,62-59-. The van der Waals surface area contributed by atoms with Crippen molar-refractivity contribution in [1.82, 2.24) is 0 Å². The molecule has 0 saturated carbocycles. The minimum atomic E-state index is -0.821. The van der Waals surface area contributed by atoms with Crippen LogP contribution >= 0.6 is 0 Å². The smallest absolute Gasteiger partial charge is 0.309 e. The van der Waals surface area contributed by atoms with E-state index in [9.17, 15) is 14.4 Å². The van der Waals surface area contributed by atoms with Crippen LogP contribution in [0.2, 0.25) is 0 Å². The topological polar surface area (TPSA) is 78.9 Å². The SMILES string of the molecule is CC/C=C\C/C=C\C/C=C\C/C=C\C/C=C\CCCCCCCCCCCCCC(=O)OCC(COC(=O)C/C=C\C/C=C\C/C=C\C/C=C\C/C=C\CC)OC(=O)CCCCCCCCCCCCCCCCCCCCC. The van der Waals surface area contributed by atoms with E-state index in [4.69, 9.17) is 14.2 Å². The predicted molar refractivity (Wildman–Crippen MR) is 343 cm³/mol. The van der Waals surface area contributed by atoms with Gasteiger partial charge in [0.2, 0.25) is 0 Å². The molecular formula is C73H122O6. The lowest BCUT2D eigenvalue weighted by Crippen LogP contribution is -2.30. The zero-order chi connectivity index (χ0) is 57.1. The van der Waals surface area contributed by atoms with Crippen LogP contribution in [0.1, 0.15) is 303 Å². The van der Waals surface area contributed by atoms with E-state index in [1.54, 1.807) is 6.08 Å². The number of carbonyl (C=O) groups is 3.